The van der Waals surface area contributed by atoms with Crippen LogP contribution in [0.5, 0.6) is 0 Å². The average molecular weight is 346 g/mol. The molecule has 0 amide bonds. The van der Waals surface area contributed by atoms with E-state index in [1.54, 1.807) is 6.92 Å². The number of hydrogen-bond acceptors (Lipinski definition) is 4. The molecular weight excluding hydrogens is 320 g/mol. The second kappa shape index (κ2) is 4.81. The maximum Gasteiger partial charge on any atom is 0.309 e. The second-order valence-corrected chi connectivity index (χ2v) is 9.16. The Hall–Kier alpha value is -1.49. The van der Waals surface area contributed by atoms with Crippen molar-refractivity contribution >= 4 is 17.5 Å². The van der Waals surface area contributed by atoms with Crippen LogP contribution in [0.1, 0.15) is 52.4 Å². The van der Waals surface area contributed by atoms with Crippen LogP contribution in [0.3, 0.4) is 0 Å². The van der Waals surface area contributed by atoms with Crippen LogP contribution in [-0.2, 0) is 14.4 Å². The molecule has 0 heterocycles. The summed E-state index contributed by atoms with van der Waals surface area (Å²) in [4.78, 5) is 38.2. The lowest BCUT2D eigenvalue weighted by Gasteiger charge is -2.62. The summed E-state index contributed by atoms with van der Waals surface area (Å²) in [5, 5.41) is 20.9. The SMILES string of the molecule is C=C1C(=O)[C@]23C[C@H]1CCC2[C@]1(C)C(=O)CC[C@@](C)(C(=O)O)C1C[C@@H]3O. The molecule has 0 aromatic rings. The number of fused-ring (bicyclic) bond motifs is 3. The molecule has 5 heteroatoms. The summed E-state index contributed by atoms with van der Waals surface area (Å²) in [6.45, 7) is 7.53. The average Bonchev–Trinajstić information content (AvgIpc) is 2.76. The predicted molar refractivity (Wildman–Crippen MR) is 89.6 cm³/mol. The molecule has 0 aromatic carbocycles. The number of carbonyl (C=O) groups is 3. The maximum atomic E-state index is 13.1. The smallest absolute Gasteiger partial charge is 0.309 e. The molecule has 2 unspecified atom stereocenters. The zero-order valence-corrected chi connectivity index (χ0v) is 14.9. The first-order chi connectivity index (χ1) is 11.6. The maximum absolute atomic E-state index is 13.1. The lowest BCUT2D eigenvalue weighted by molar-refractivity contribution is -0.204. The van der Waals surface area contributed by atoms with E-state index < -0.39 is 34.2 Å². The standard InChI is InChI=1S/C20H26O5/c1-10-11-4-5-12-19(3)13(8-15(22)20(12,9-11)16(10)23)18(2,17(24)25)7-6-14(19)21/h11-13,15,22H,1,4-9H2,2-3H3,(H,24,25)/t11-,12?,13?,15+,18-,19+,20-/m1/s1. The molecule has 0 aromatic heterocycles. The third-order valence-electron chi connectivity index (χ3n) is 8.45. The van der Waals surface area contributed by atoms with Crippen molar-refractivity contribution in [1.29, 1.82) is 0 Å². The number of rotatable bonds is 1. The minimum atomic E-state index is -1.04. The topological polar surface area (TPSA) is 91.7 Å². The fourth-order valence-corrected chi connectivity index (χ4v) is 6.97. The summed E-state index contributed by atoms with van der Waals surface area (Å²) in [6, 6.07) is 0. The van der Waals surface area contributed by atoms with E-state index >= 15 is 0 Å². The molecule has 4 aliphatic rings. The fourth-order valence-electron chi connectivity index (χ4n) is 6.97. The van der Waals surface area contributed by atoms with E-state index in [-0.39, 0.29) is 36.2 Å². The third-order valence-corrected chi connectivity index (χ3v) is 8.45. The zero-order chi connectivity index (χ0) is 18.4. The number of ketones is 2. The van der Waals surface area contributed by atoms with Crippen molar-refractivity contribution in [3.8, 4) is 0 Å². The zero-order valence-electron chi connectivity index (χ0n) is 14.9. The van der Waals surface area contributed by atoms with Gasteiger partial charge in [-0.1, -0.05) is 13.5 Å². The number of carbonyl (C=O) groups excluding carboxylic acids is 2. The molecule has 4 aliphatic carbocycles. The van der Waals surface area contributed by atoms with Gasteiger partial charge in [-0.15, -0.1) is 0 Å². The van der Waals surface area contributed by atoms with Crippen molar-refractivity contribution in [1.82, 2.24) is 0 Å². The Morgan fingerprint density at radius 2 is 1.88 bits per heavy atom. The van der Waals surface area contributed by atoms with Crippen LogP contribution >= 0.6 is 0 Å². The Labute approximate surface area is 147 Å². The van der Waals surface area contributed by atoms with E-state index in [4.69, 9.17) is 0 Å². The predicted octanol–water partition coefficient (Wildman–Crippen LogP) is 2.37. The molecule has 0 aliphatic heterocycles. The Balaban J connectivity index is 1.89. The highest BCUT2D eigenvalue weighted by molar-refractivity contribution is 6.04. The molecule has 1 spiro atoms. The largest absolute Gasteiger partial charge is 0.481 e. The lowest BCUT2D eigenvalue weighted by Crippen LogP contribution is -2.67. The van der Waals surface area contributed by atoms with Crippen molar-refractivity contribution in [2.45, 2.75) is 58.5 Å². The molecule has 0 saturated heterocycles. The monoisotopic (exact) mass is 346 g/mol. The van der Waals surface area contributed by atoms with Gasteiger partial charge in [-0.2, -0.15) is 0 Å². The highest BCUT2D eigenvalue weighted by Gasteiger charge is 2.73. The van der Waals surface area contributed by atoms with Crippen molar-refractivity contribution in [2.75, 3.05) is 0 Å². The van der Waals surface area contributed by atoms with E-state index in [2.05, 4.69) is 6.58 Å². The van der Waals surface area contributed by atoms with Gasteiger partial charge in [0.25, 0.3) is 0 Å². The first-order valence-corrected chi connectivity index (χ1v) is 9.28. The van der Waals surface area contributed by atoms with Gasteiger partial charge in [-0.25, -0.2) is 0 Å². The van der Waals surface area contributed by atoms with Crippen LogP contribution in [0, 0.1) is 34.0 Å². The van der Waals surface area contributed by atoms with Crippen LogP contribution < -0.4 is 0 Å². The summed E-state index contributed by atoms with van der Waals surface area (Å²) < 4.78 is 0. The first kappa shape index (κ1) is 17.0. The molecule has 25 heavy (non-hydrogen) atoms. The molecule has 4 rings (SSSR count). The number of Topliss-reactive ketones (excluding diaryl/α,β-unsaturated/α-hetero) is 2. The number of aliphatic carboxylic acids is 1. The summed E-state index contributed by atoms with van der Waals surface area (Å²) in [5.41, 5.74) is -2.25. The van der Waals surface area contributed by atoms with Crippen LogP contribution in [-0.4, -0.2) is 33.9 Å². The van der Waals surface area contributed by atoms with Crippen LogP contribution in [0.15, 0.2) is 12.2 Å². The quantitative estimate of drug-likeness (QED) is 0.711. The van der Waals surface area contributed by atoms with Gasteiger partial charge in [0.05, 0.1) is 16.9 Å². The van der Waals surface area contributed by atoms with Crippen molar-refractivity contribution in [2.24, 2.45) is 34.0 Å². The molecule has 2 bridgehead atoms. The highest BCUT2D eigenvalue weighted by atomic mass is 16.4. The number of aliphatic hydroxyl groups excluding tert-OH is 1. The Morgan fingerprint density at radius 3 is 2.52 bits per heavy atom. The molecule has 7 atom stereocenters. The number of carboxylic acids is 1. The van der Waals surface area contributed by atoms with Crippen molar-refractivity contribution in [3.05, 3.63) is 12.2 Å². The van der Waals surface area contributed by atoms with E-state index in [9.17, 15) is 24.6 Å². The van der Waals surface area contributed by atoms with Crippen molar-refractivity contribution in [3.63, 3.8) is 0 Å². The molecule has 2 N–H and O–H groups in total. The van der Waals surface area contributed by atoms with Crippen LogP contribution in [0.25, 0.3) is 0 Å². The van der Waals surface area contributed by atoms with E-state index in [1.165, 1.54) is 0 Å². The minimum Gasteiger partial charge on any atom is -0.481 e. The van der Waals surface area contributed by atoms with Gasteiger partial charge in [0.15, 0.2) is 5.78 Å². The first-order valence-electron chi connectivity index (χ1n) is 9.28. The summed E-state index contributed by atoms with van der Waals surface area (Å²) in [6.07, 6.45) is 1.89. The molecule has 4 saturated carbocycles. The van der Waals surface area contributed by atoms with E-state index in [0.717, 1.165) is 6.42 Å². The normalized spacial score (nSPS) is 51.9. The molecule has 136 valence electrons. The van der Waals surface area contributed by atoms with Gasteiger partial charge >= 0.3 is 5.97 Å². The van der Waals surface area contributed by atoms with E-state index in [1.807, 2.05) is 6.92 Å². The highest BCUT2D eigenvalue weighted by Crippen LogP contribution is 2.70. The van der Waals surface area contributed by atoms with Gasteiger partial charge < -0.3 is 10.2 Å². The van der Waals surface area contributed by atoms with Crippen LogP contribution in [0.2, 0.25) is 0 Å². The summed E-state index contributed by atoms with van der Waals surface area (Å²) in [5.74, 6) is -1.55. The van der Waals surface area contributed by atoms with E-state index in [0.29, 0.717) is 24.8 Å². The Bertz CT molecular complexity index is 711. The number of aliphatic hydroxyl groups is 1. The van der Waals surface area contributed by atoms with Gasteiger partial charge in [0.2, 0.25) is 0 Å². The number of hydrogen-bond donors (Lipinski definition) is 2. The van der Waals surface area contributed by atoms with Crippen LogP contribution in [0.4, 0.5) is 0 Å². The molecule has 0 radical (unpaired) electrons. The Kier molecular flexibility index (Phi) is 3.26. The Morgan fingerprint density at radius 1 is 1.20 bits per heavy atom. The lowest BCUT2D eigenvalue weighted by atomic mass is 9.39. The molecular formula is C20H26O5. The summed E-state index contributed by atoms with van der Waals surface area (Å²) in [7, 11) is 0. The molecule has 4 fully saturated rings. The van der Waals surface area contributed by atoms with Gasteiger partial charge in [0, 0.05) is 11.8 Å². The summed E-state index contributed by atoms with van der Waals surface area (Å²) >= 11 is 0. The fraction of sp³-hybridized carbons (Fsp3) is 0.750. The van der Waals surface area contributed by atoms with Gasteiger partial charge in [-0.05, 0) is 62.4 Å². The van der Waals surface area contributed by atoms with Gasteiger partial charge in [-0.3, -0.25) is 14.4 Å². The number of allylic oxidation sites excluding steroid dienone is 1. The number of carboxylic acid groups (broad SMARTS) is 1. The second-order valence-electron chi connectivity index (χ2n) is 9.16. The minimum absolute atomic E-state index is 0.0660. The van der Waals surface area contributed by atoms with Gasteiger partial charge in [0.1, 0.15) is 5.78 Å². The van der Waals surface area contributed by atoms with Crippen molar-refractivity contribution < 1.29 is 24.6 Å². The molecule has 5 nitrogen and oxygen atoms in total. The third kappa shape index (κ3) is 1.71.